The first-order valence-electron chi connectivity index (χ1n) is 12.2. The zero-order chi connectivity index (χ0) is 26.6. The largest absolute Gasteiger partial charge is 0.490 e. The van der Waals surface area contributed by atoms with Gasteiger partial charge in [-0.15, -0.1) is 0 Å². The van der Waals surface area contributed by atoms with Gasteiger partial charge in [0.05, 0.1) is 23.6 Å². The van der Waals surface area contributed by atoms with Crippen molar-refractivity contribution in [2.75, 3.05) is 6.61 Å². The zero-order valence-corrected chi connectivity index (χ0v) is 21.8. The molecule has 0 saturated carbocycles. The van der Waals surface area contributed by atoms with Gasteiger partial charge >= 0.3 is 5.97 Å². The van der Waals surface area contributed by atoms with Crippen LogP contribution in [-0.4, -0.2) is 28.6 Å². The Morgan fingerprint density at radius 3 is 2.47 bits per heavy atom. The van der Waals surface area contributed by atoms with Crippen LogP contribution in [0.25, 0.3) is 16.8 Å². The summed E-state index contributed by atoms with van der Waals surface area (Å²) >= 11 is 0.904. The molecule has 7 heteroatoms. The molecule has 2 amide bonds. The van der Waals surface area contributed by atoms with Gasteiger partial charge in [-0.2, -0.15) is 0 Å². The summed E-state index contributed by atoms with van der Waals surface area (Å²) in [5.41, 5.74) is 3.10. The van der Waals surface area contributed by atoms with Gasteiger partial charge < -0.3 is 9.47 Å². The molecule has 0 aliphatic carbocycles. The van der Waals surface area contributed by atoms with E-state index in [9.17, 15) is 14.4 Å². The van der Waals surface area contributed by atoms with Crippen molar-refractivity contribution in [2.24, 2.45) is 0 Å². The lowest BCUT2D eigenvalue weighted by molar-refractivity contribution is -0.123. The number of amides is 2. The van der Waals surface area contributed by atoms with Crippen LogP contribution in [-0.2, 0) is 11.3 Å². The number of fused-ring (bicyclic) bond motifs is 1. The molecule has 38 heavy (non-hydrogen) atoms. The Balaban J connectivity index is 1.37. The molecule has 0 unspecified atom stereocenters. The second-order valence-electron chi connectivity index (χ2n) is 8.81. The predicted molar refractivity (Wildman–Crippen MR) is 149 cm³/mol. The number of rotatable bonds is 7. The summed E-state index contributed by atoms with van der Waals surface area (Å²) in [5.74, 6) is -0.194. The first-order chi connectivity index (χ1) is 18.4. The summed E-state index contributed by atoms with van der Waals surface area (Å²) < 4.78 is 11.5. The third-order valence-electron chi connectivity index (χ3n) is 6.11. The second-order valence-corrected chi connectivity index (χ2v) is 9.80. The van der Waals surface area contributed by atoms with Crippen molar-refractivity contribution in [3.05, 3.63) is 112 Å². The smallest absolute Gasteiger partial charge is 0.344 e. The first kappa shape index (κ1) is 25.3. The highest BCUT2D eigenvalue weighted by Crippen LogP contribution is 2.36. The maximum absolute atomic E-state index is 13.1. The number of benzene rings is 4. The van der Waals surface area contributed by atoms with Crippen molar-refractivity contribution in [2.45, 2.75) is 20.4 Å². The van der Waals surface area contributed by atoms with Crippen LogP contribution in [0.2, 0.25) is 0 Å². The number of nitrogens with zero attached hydrogens (tertiary/aromatic N) is 1. The van der Waals surface area contributed by atoms with Gasteiger partial charge in [0.1, 0.15) is 0 Å². The van der Waals surface area contributed by atoms with Crippen molar-refractivity contribution in [1.82, 2.24) is 4.90 Å². The van der Waals surface area contributed by atoms with E-state index in [-0.39, 0.29) is 23.4 Å². The third kappa shape index (κ3) is 5.33. The third-order valence-corrected chi connectivity index (χ3v) is 7.02. The topological polar surface area (TPSA) is 72.9 Å². The molecule has 0 aromatic heterocycles. The highest BCUT2D eigenvalue weighted by atomic mass is 32.2. The van der Waals surface area contributed by atoms with E-state index in [0.717, 1.165) is 33.7 Å². The van der Waals surface area contributed by atoms with E-state index in [1.807, 2.05) is 74.5 Å². The van der Waals surface area contributed by atoms with Crippen molar-refractivity contribution < 1.29 is 23.9 Å². The maximum Gasteiger partial charge on any atom is 0.344 e. The molecule has 1 aliphatic heterocycles. The van der Waals surface area contributed by atoms with Crippen LogP contribution in [0.3, 0.4) is 0 Å². The highest BCUT2D eigenvalue weighted by Gasteiger charge is 2.35. The maximum atomic E-state index is 13.1. The summed E-state index contributed by atoms with van der Waals surface area (Å²) in [6.07, 6.45) is 1.65. The van der Waals surface area contributed by atoms with Crippen LogP contribution in [0.15, 0.2) is 89.8 Å². The minimum atomic E-state index is -0.493. The average Bonchev–Trinajstić information content (AvgIpc) is 3.18. The van der Waals surface area contributed by atoms with Crippen LogP contribution >= 0.6 is 11.8 Å². The second kappa shape index (κ2) is 10.9. The van der Waals surface area contributed by atoms with Crippen LogP contribution < -0.4 is 9.47 Å². The monoisotopic (exact) mass is 523 g/mol. The Morgan fingerprint density at radius 1 is 0.921 bits per heavy atom. The van der Waals surface area contributed by atoms with Crippen molar-refractivity contribution in [1.29, 1.82) is 0 Å². The van der Waals surface area contributed by atoms with Gasteiger partial charge in [-0.3, -0.25) is 14.5 Å². The fraction of sp³-hybridized carbons (Fsp3) is 0.129. The van der Waals surface area contributed by atoms with E-state index in [4.69, 9.17) is 9.47 Å². The van der Waals surface area contributed by atoms with Crippen molar-refractivity contribution >= 4 is 45.7 Å². The minimum absolute atomic E-state index is 0.218. The summed E-state index contributed by atoms with van der Waals surface area (Å²) in [4.78, 5) is 40.2. The molecule has 5 rings (SSSR count). The molecule has 0 radical (unpaired) electrons. The molecule has 4 aromatic carbocycles. The fourth-order valence-electron chi connectivity index (χ4n) is 4.19. The van der Waals surface area contributed by atoms with Crippen LogP contribution in [0.4, 0.5) is 4.79 Å². The minimum Gasteiger partial charge on any atom is -0.490 e. The molecule has 1 saturated heterocycles. The lowest BCUT2D eigenvalue weighted by atomic mass is 10.0. The van der Waals surface area contributed by atoms with E-state index in [1.165, 1.54) is 4.90 Å². The van der Waals surface area contributed by atoms with Gasteiger partial charge in [0.15, 0.2) is 11.5 Å². The Bertz CT molecular complexity index is 1570. The van der Waals surface area contributed by atoms with E-state index < -0.39 is 5.97 Å². The average molecular weight is 524 g/mol. The molecule has 1 aliphatic rings. The number of thioether (sulfide) groups is 1. The van der Waals surface area contributed by atoms with E-state index in [2.05, 4.69) is 0 Å². The molecule has 0 N–H and O–H groups in total. The SMILES string of the molecule is CCOc1cc(/C=C2\SC(=O)N(Cc3ccc(C)cc3)C2=O)ccc1OC(=O)c1cccc2ccccc12. The molecule has 0 bridgehead atoms. The molecular formula is C31H25NO5S. The summed E-state index contributed by atoms with van der Waals surface area (Å²) in [6, 6.07) is 25.9. The van der Waals surface area contributed by atoms with Crippen LogP contribution in [0.1, 0.15) is 34.0 Å². The number of aryl methyl sites for hydroxylation is 1. The number of esters is 1. The van der Waals surface area contributed by atoms with Crippen LogP contribution in [0.5, 0.6) is 11.5 Å². The van der Waals surface area contributed by atoms with Gasteiger partial charge in [-0.25, -0.2) is 4.79 Å². The number of hydrogen-bond acceptors (Lipinski definition) is 6. The quantitative estimate of drug-likeness (QED) is 0.147. The zero-order valence-electron chi connectivity index (χ0n) is 21.0. The molecule has 1 heterocycles. The van der Waals surface area contributed by atoms with Gasteiger partial charge in [-0.05, 0) is 71.8 Å². The summed E-state index contributed by atoms with van der Waals surface area (Å²) in [6.45, 7) is 4.39. The van der Waals surface area contributed by atoms with Gasteiger partial charge in [-0.1, -0.05) is 72.3 Å². The molecule has 0 spiro atoms. The highest BCUT2D eigenvalue weighted by molar-refractivity contribution is 8.18. The number of carbonyl (C=O) groups is 3. The Morgan fingerprint density at radius 2 is 1.68 bits per heavy atom. The Kier molecular flexibility index (Phi) is 7.29. The number of carbonyl (C=O) groups excluding carboxylic acids is 3. The molecule has 4 aromatic rings. The van der Waals surface area contributed by atoms with Gasteiger partial charge in [0.25, 0.3) is 11.1 Å². The van der Waals surface area contributed by atoms with Crippen LogP contribution in [0, 0.1) is 6.92 Å². The molecule has 190 valence electrons. The number of hydrogen-bond donors (Lipinski definition) is 0. The molecular weight excluding hydrogens is 498 g/mol. The number of ether oxygens (including phenoxy) is 2. The van der Waals surface area contributed by atoms with Crippen molar-refractivity contribution in [3.8, 4) is 11.5 Å². The predicted octanol–water partition coefficient (Wildman–Crippen LogP) is 7.00. The van der Waals surface area contributed by atoms with Gasteiger partial charge in [0.2, 0.25) is 0 Å². The lowest BCUT2D eigenvalue weighted by Gasteiger charge is -2.13. The normalized spacial score (nSPS) is 14.4. The number of imide groups is 1. The summed E-state index contributed by atoms with van der Waals surface area (Å²) in [7, 11) is 0. The van der Waals surface area contributed by atoms with Gasteiger partial charge in [0, 0.05) is 0 Å². The Hall–Kier alpha value is -4.36. The molecule has 6 nitrogen and oxygen atoms in total. The Labute approximate surface area is 224 Å². The van der Waals surface area contributed by atoms with E-state index >= 15 is 0 Å². The summed E-state index contributed by atoms with van der Waals surface area (Å²) in [5, 5.41) is 1.43. The molecule has 0 atom stereocenters. The van der Waals surface area contributed by atoms with E-state index in [0.29, 0.717) is 28.4 Å². The molecule has 1 fully saturated rings. The van der Waals surface area contributed by atoms with E-state index in [1.54, 1.807) is 30.3 Å². The standard InChI is InChI=1S/C31H25NO5S/c1-3-36-27-17-22(18-28-29(33)32(31(35)38-28)19-21-13-11-20(2)12-14-21)15-16-26(27)37-30(34)25-10-6-8-23-7-4-5-9-24(23)25/h4-18H,3,19H2,1-2H3/b28-18-. The van der Waals surface area contributed by atoms with Crippen molar-refractivity contribution in [3.63, 3.8) is 0 Å². The first-order valence-corrected chi connectivity index (χ1v) is 13.0. The fourth-order valence-corrected chi connectivity index (χ4v) is 5.03. The lowest BCUT2D eigenvalue weighted by Crippen LogP contribution is -2.27.